The minimum atomic E-state index is -0.710. The van der Waals surface area contributed by atoms with E-state index in [1.807, 2.05) is 66.7 Å². The first-order chi connectivity index (χ1) is 17.2. The highest BCUT2D eigenvalue weighted by Gasteiger charge is 2.42. The number of hydrogen-bond donors (Lipinski definition) is 2. The highest BCUT2D eigenvalue weighted by atomic mass is 16.5. The number of nitrogens with one attached hydrogen (secondary N) is 2. The lowest BCUT2D eigenvalue weighted by atomic mass is 9.76. The van der Waals surface area contributed by atoms with Gasteiger partial charge in [0.25, 0.3) is 0 Å². The number of carbonyl (C=O) groups excluding carboxylic acids is 1. The molecule has 2 atom stereocenters. The smallest absolute Gasteiger partial charge is 0.237 e. The molecule has 1 aliphatic rings. The van der Waals surface area contributed by atoms with Crippen molar-refractivity contribution in [1.29, 1.82) is 0 Å². The number of amides is 1. The highest BCUT2D eigenvalue weighted by molar-refractivity contribution is 5.85. The lowest BCUT2D eigenvalue weighted by Crippen LogP contribution is -2.52. The first kappa shape index (κ1) is 22.9. The molecular weight excluding hydrogens is 432 g/mol. The molecule has 0 aliphatic carbocycles. The molecule has 0 saturated carbocycles. The van der Waals surface area contributed by atoms with Crippen LogP contribution in [0.15, 0.2) is 115 Å². The molecule has 1 saturated heterocycles. The van der Waals surface area contributed by atoms with E-state index < -0.39 is 5.54 Å². The molecule has 5 rings (SSSR count). The molecule has 1 fully saturated rings. The second kappa shape index (κ2) is 10.2. The number of methoxy groups -OCH3 is 1. The highest BCUT2D eigenvalue weighted by Crippen LogP contribution is 2.38. The quantitative estimate of drug-likeness (QED) is 0.359. The van der Waals surface area contributed by atoms with E-state index in [0.717, 1.165) is 28.9 Å². The minimum absolute atomic E-state index is 0.0377. The Bertz CT molecular complexity index is 1200. The summed E-state index contributed by atoms with van der Waals surface area (Å²) in [6.45, 7) is 0. The normalized spacial score (nSPS) is 17.7. The number of benzene rings is 4. The largest absolute Gasteiger partial charge is 0.497 e. The van der Waals surface area contributed by atoms with E-state index in [1.165, 1.54) is 5.56 Å². The lowest BCUT2D eigenvalue weighted by molar-refractivity contribution is -0.121. The van der Waals surface area contributed by atoms with Crippen LogP contribution in [0.4, 0.5) is 0 Å². The molecule has 1 amide bonds. The van der Waals surface area contributed by atoms with E-state index in [0.29, 0.717) is 6.42 Å². The Balaban J connectivity index is 1.56. The Labute approximate surface area is 207 Å². The maximum atomic E-state index is 13.3. The van der Waals surface area contributed by atoms with Gasteiger partial charge in [-0.15, -0.1) is 0 Å². The number of rotatable bonds is 8. The van der Waals surface area contributed by atoms with Crippen LogP contribution in [0.2, 0.25) is 0 Å². The zero-order valence-electron chi connectivity index (χ0n) is 19.9. The molecule has 0 aromatic heterocycles. The van der Waals surface area contributed by atoms with E-state index in [9.17, 15) is 4.79 Å². The van der Waals surface area contributed by atoms with Gasteiger partial charge in [-0.05, 0) is 47.2 Å². The van der Waals surface area contributed by atoms with E-state index in [4.69, 9.17) is 4.74 Å². The van der Waals surface area contributed by atoms with Crippen molar-refractivity contribution in [2.45, 2.75) is 30.5 Å². The number of carbonyl (C=O) groups is 1. The minimum Gasteiger partial charge on any atom is -0.497 e. The van der Waals surface area contributed by atoms with Gasteiger partial charge >= 0.3 is 0 Å². The van der Waals surface area contributed by atoms with Crippen molar-refractivity contribution in [3.05, 3.63) is 138 Å². The van der Waals surface area contributed by atoms with Crippen molar-refractivity contribution < 1.29 is 9.53 Å². The van der Waals surface area contributed by atoms with Crippen molar-refractivity contribution in [1.82, 2.24) is 10.6 Å². The summed E-state index contributed by atoms with van der Waals surface area (Å²) in [7, 11) is 1.67. The van der Waals surface area contributed by atoms with Crippen LogP contribution >= 0.6 is 0 Å². The van der Waals surface area contributed by atoms with Gasteiger partial charge in [0.2, 0.25) is 5.91 Å². The number of ether oxygens (including phenoxy) is 1. The van der Waals surface area contributed by atoms with Crippen LogP contribution in [0.25, 0.3) is 0 Å². The maximum Gasteiger partial charge on any atom is 0.237 e. The molecule has 176 valence electrons. The van der Waals surface area contributed by atoms with Crippen molar-refractivity contribution >= 4 is 5.91 Å². The lowest BCUT2D eigenvalue weighted by Gasteiger charge is -2.39. The summed E-state index contributed by atoms with van der Waals surface area (Å²) in [5.74, 6) is 0.834. The van der Waals surface area contributed by atoms with Crippen molar-refractivity contribution in [3.8, 4) is 5.75 Å². The first-order valence-corrected chi connectivity index (χ1v) is 12.1. The average Bonchev–Trinajstić information content (AvgIpc) is 3.26. The van der Waals surface area contributed by atoms with Gasteiger partial charge in [0.05, 0.1) is 18.7 Å². The van der Waals surface area contributed by atoms with Crippen LogP contribution in [0.1, 0.15) is 28.7 Å². The van der Waals surface area contributed by atoms with Crippen LogP contribution in [0.5, 0.6) is 5.75 Å². The van der Waals surface area contributed by atoms with Crippen LogP contribution < -0.4 is 15.4 Å². The van der Waals surface area contributed by atoms with Crippen LogP contribution in [0, 0.1) is 0 Å². The van der Waals surface area contributed by atoms with Crippen LogP contribution in [-0.2, 0) is 16.8 Å². The van der Waals surface area contributed by atoms with Gasteiger partial charge in [0.1, 0.15) is 5.75 Å². The third-order valence-electron chi connectivity index (χ3n) is 6.84. The van der Waals surface area contributed by atoms with Gasteiger partial charge in [-0.25, -0.2) is 0 Å². The predicted octanol–water partition coefficient (Wildman–Crippen LogP) is 5.08. The fraction of sp³-hybridized carbons (Fsp3) is 0.194. The summed E-state index contributed by atoms with van der Waals surface area (Å²) in [6.07, 6.45) is 1.53. The second-order valence-electron chi connectivity index (χ2n) is 9.04. The number of hydrogen-bond acceptors (Lipinski definition) is 3. The molecule has 35 heavy (non-hydrogen) atoms. The Morgan fingerprint density at radius 2 is 1.29 bits per heavy atom. The van der Waals surface area contributed by atoms with Crippen molar-refractivity contribution in [2.75, 3.05) is 7.11 Å². The third kappa shape index (κ3) is 4.71. The maximum absolute atomic E-state index is 13.3. The van der Waals surface area contributed by atoms with Gasteiger partial charge in [0, 0.05) is 6.04 Å². The molecule has 2 N–H and O–H groups in total. The van der Waals surface area contributed by atoms with E-state index in [1.54, 1.807) is 7.11 Å². The Morgan fingerprint density at radius 1 is 0.771 bits per heavy atom. The van der Waals surface area contributed by atoms with Gasteiger partial charge in [-0.3, -0.25) is 10.1 Å². The molecule has 4 aromatic rings. The summed E-state index contributed by atoms with van der Waals surface area (Å²) >= 11 is 0. The van der Waals surface area contributed by atoms with Crippen LogP contribution in [-0.4, -0.2) is 25.1 Å². The molecule has 1 heterocycles. The average molecular weight is 463 g/mol. The predicted molar refractivity (Wildman–Crippen MR) is 139 cm³/mol. The zero-order chi connectivity index (χ0) is 24.1. The summed E-state index contributed by atoms with van der Waals surface area (Å²) in [5, 5.41) is 7.05. The zero-order valence-corrected chi connectivity index (χ0v) is 19.9. The summed E-state index contributed by atoms with van der Waals surface area (Å²) in [6, 6.07) is 38.9. The van der Waals surface area contributed by atoms with E-state index >= 15 is 0 Å². The SMILES string of the molecule is COc1ccc(C(NC2C[C@H](Cc3ccccc3)NC2=O)(c2ccccc2)c2ccccc2)cc1. The monoisotopic (exact) mass is 462 g/mol. The second-order valence-corrected chi connectivity index (χ2v) is 9.04. The summed E-state index contributed by atoms with van der Waals surface area (Å²) in [4.78, 5) is 13.3. The fourth-order valence-corrected chi connectivity index (χ4v) is 5.14. The summed E-state index contributed by atoms with van der Waals surface area (Å²) in [5.41, 5.74) is 3.73. The Morgan fingerprint density at radius 3 is 1.83 bits per heavy atom. The third-order valence-corrected chi connectivity index (χ3v) is 6.84. The molecule has 1 unspecified atom stereocenters. The van der Waals surface area contributed by atoms with Crippen LogP contribution in [0.3, 0.4) is 0 Å². The molecule has 4 nitrogen and oxygen atoms in total. The molecule has 0 radical (unpaired) electrons. The van der Waals surface area contributed by atoms with E-state index in [2.05, 4.69) is 59.2 Å². The van der Waals surface area contributed by atoms with E-state index in [-0.39, 0.29) is 18.0 Å². The fourth-order valence-electron chi connectivity index (χ4n) is 5.14. The molecular formula is C31H30N2O2. The standard InChI is InChI=1S/C31H30N2O2/c1-35-28-19-17-26(18-20-28)31(24-13-7-3-8-14-24,25-15-9-4-10-16-25)33-29-22-27(32-30(29)34)21-23-11-5-2-6-12-23/h2-20,27,29,33H,21-22H2,1H3,(H,32,34)/t27-,29?/m0/s1. The summed E-state index contributed by atoms with van der Waals surface area (Å²) < 4.78 is 5.43. The topological polar surface area (TPSA) is 50.4 Å². The molecule has 1 aliphatic heterocycles. The molecule has 4 heteroatoms. The van der Waals surface area contributed by atoms with Crippen molar-refractivity contribution in [3.63, 3.8) is 0 Å². The van der Waals surface area contributed by atoms with Gasteiger partial charge in [-0.2, -0.15) is 0 Å². The molecule has 4 aromatic carbocycles. The Kier molecular flexibility index (Phi) is 6.64. The van der Waals surface area contributed by atoms with Gasteiger partial charge < -0.3 is 10.1 Å². The Hall–Kier alpha value is -3.89. The first-order valence-electron chi connectivity index (χ1n) is 12.1. The van der Waals surface area contributed by atoms with Crippen molar-refractivity contribution in [2.24, 2.45) is 0 Å². The molecule has 0 bridgehead atoms. The molecule has 0 spiro atoms. The van der Waals surface area contributed by atoms with Gasteiger partial charge in [-0.1, -0.05) is 103 Å². The van der Waals surface area contributed by atoms with Gasteiger partial charge in [0.15, 0.2) is 0 Å².